The van der Waals surface area contributed by atoms with E-state index in [4.69, 9.17) is 9.47 Å². The lowest BCUT2D eigenvalue weighted by molar-refractivity contribution is -0.115. The third kappa shape index (κ3) is 3.68. The molecule has 136 valence electrons. The highest BCUT2D eigenvalue weighted by Crippen LogP contribution is 2.33. The van der Waals surface area contributed by atoms with Gasteiger partial charge in [0.05, 0.1) is 17.0 Å². The first-order valence-electron chi connectivity index (χ1n) is 8.36. The Hall–Kier alpha value is -3.19. The van der Waals surface area contributed by atoms with Gasteiger partial charge in [-0.25, -0.2) is 4.98 Å². The average Bonchev–Trinajstić information content (AvgIpc) is 3.29. The second-order valence-electron chi connectivity index (χ2n) is 6.03. The van der Waals surface area contributed by atoms with Crippen molar-refractivity contribution in [3.8, 4) is 22.8 Å². The number of aromatic nitrogens is 1. The van der Waals surface area contributed by atoms with Crippen LogP contribution < -0.4 is 14.8 Å². The third-order valence-electron chi connectivity index (χ3n) is 4.04. The van der Waals surface area contributed by atoms with Crippen LogP contribution in [0.3, 0.4) is 0 Å². The summed E-state index contributed by atoms with van der Waals surface area (Å²) in [4.78, 5) is 29.4. The van der Waals surface area contributed by atoms with Crippen molar-refractivity contribution in [2.75, 3.05) is 12.1 Å². The van der Waals surface area contributed by atoms with Crippen LogP contribution in [0.4, 0.5) is 5.13 Å². The second-order valence-corrected chi connectivity index (χ2v) is 7.03. The molecule has 1 amide bonds. The van der Waals surface area contributed by atoms with Gasteiger partial charge in [0.1, 0.15) is 0 Å². The summed E-state index contributed by atoms with van der Waals surface area (Å²) >= 11 is 1.18. The molecule has 1 aromatic heterocycles. The molecular formula is C20H16N2O4S. The lowest BCUT2D eigenvalue weighted by atomic mass is 10.1. The van der Waals surface area contributed by atoms with Gasteiger partial charge >= 0.3 is 0 Å². The van der Waals surface area contributed by atoms with Gasteiger partial charge in [0.2, 0.25) is 12.7 Å². The number of nitrogens with zero attached hydrogens (tertiary/aromatic N) is 1. The Morgan fingerprint density at radius 1 is 1.11 bits per heavy atom. The maximum absolute atomic E-state index is 12.4. The number of carbonyl (C=O) groups excluding carboxylic acids is 2. The van der Waals surface area contributed by atoms with Gasteiger partial charge in [0.15, 0.2) is 22.4 Å². The van der Waals surface area contributed by atoms with Gasteiger partial charge < -0.3 is 14.8 Å². The van der Waals surface area contributed by atoms with Gasteiger partial charge in [-0.2, -0.15) is 0 Å². The molecule has 0 radical (unpaired) electrons. The molecule has 27 heavy (non-hydrogen) atoms. The molecule has 0 spiro atoms. The zero-order chi connectivity index (χ0) is 18.8. The molecule has 3 aromatic rings. The quantitative estimate of drug-likeness (QED) is 0.679. The lowest BCUT2D eigenvalue weighted by Gasteiger charge is -2.03. The number of ether oxygens (including phenoxy) is 2. The standard InChI is InChI=1S/C20H16N2O4S/c1-12(23)19-18(14-5-3-2-4-6-14)22-20(27-19)21-17(24)10-13-7-8-15-16(9-13)26-11-25-15/h2-9H,10-11H2,1H3,(H,21,22,24). The Balaban J connectivity index is 1.52. The molecular weight excluding hydrogens is 364 g/mol. The molecule has 0 unspecified atom stereocenters. The highest BCUT2D eigenvalue weighted by atomic mass is 32.1. The normalized spacial score (nSPS) is 12.0. The minimum atomic E-state index is -0.211. The van der Waals surface area contributed by atoms with E-state index in [1.165, 1.54) is 18.3 Å². The van der Waals surface area contributed by atoms with E-state index in [1.54, 1.807) is 12.1 Å². The summed E-state index contributed by atoms with van der Waals surface area (Å²) in [6.45, 7) is 1.69. The summed E-state index contributed by atoms with van der Waals surface area (Å²) in [5.74, 6) is 1.03. The summed E-state index contributed by atoms with van der Waals surface area (Å²) in [7, 11) is 0. The summed E-state index contributed by atoms with van der Waals surface area (Å²) < 4.78 is 10.6. The zero-order valence-corrected chi connectivity index (χ0v) is 15.3. The number of hydrogen-bond donors (Lipinski definition) is 1. The van der Waals surface area contributed by atoms with E-state index in [9.17, 15) is 9.59 Å². The van der Waals surface area contributed by atoms with Crippen LogP contribution in [0, 0.1) is 0 Å². The molecule has 0 atom stereocenters. The van der Waals surface area contributed by atoms with Gasteiger partial charge in [0, 0.05) is 12.5 Å². The van der Waals surface area contributed by atoms with Gasteiger partial charge in [-0.15, -0.1) is 0 Å². The van der Waals surface area contributed by atoms with Crippen LogP contribution in [0.15, 0.2) is 48.5 Å². The number of nitrogens with one attached hydrogen (secondary N) is 1. The highest BCUT2D eigenvalue weighted by Gasteiger charge is 2.19. The lowest BCUT2D eigenvalue weighted by Crippen LogP contribution is -2.14. The number of Topliss-reactive ketones (excluding diaryl/α,β-unsaturated/α-hetero) is 1. The molecule has 4 rings (SSSR count). The van der Waals surface area contributed by atoms with E-state index in [2.05, 4.69) is 10.3 Å². The van der Waals surface area contributed by atoms with Crippen molar-refractivity contribution in [3.63, 3.8) is 0 Å². The number of carbonyl (C=O) groups is 2. The number of fused-ring (bicyclic) bond motifs is 1. The Morgan fingerprint density at radius 2 is 1.89 bits per heavy atom. The predicted octanol–water partition coefficient (Wildman–Crippen LogP) is 3.92. The summed E-state index contributed by atoms with van der Waals surface area (Å²) in [6, 6.07) is 14.9. The summed E-state index contributed by atoms with van der Waals surface area (Å²) in [5.41, 5.74) is 2.24. The van der Waals surface area contributed by atoms with Crippen LogP contribution >= 0.6 is 11.3 Å². The van der Waals surface area contributed by atoms with Crippen LogP contribution in [0.2, 0.25) is 0 Å². The summed E-state index contributed by atoms with van der Waals surface area (Å²) in [6.07, 6.45) is 0.173. The van der Waals surface area contributed by atoms with Crippen molar-refractivity contribution >= 4 is 28.2 Å². The number of thiazole rings is 1. The Bertz CT molecular complexity index is 1010. The van der Waals surface area contributed by atoms with Crippen molar-refractivity contribution in [1.82, 2.24) is 4.98 Å². The Morgan fingerprint density at radius 3 is 2.67 bits per heavy atom. The van der Waals surface area contributed by atoms with Gasteiger partial charge in [0.25, 0.3) is 0 Å². The first-order valence-corrected chi connectivity index (χ1v) is 9.17. The number of anilines is 1. The molecule has 0 fully saturated rings. The molecule has 0 aliphatic carbocycles. The molecule has 0 saturated heterocycles. The van der Waals surface area contributed by atoms with E-state index in [0.717, 1.165) is 11.1 Å². The maximum atomic E-state index is 12.4. The average molecular weight is 380 g/mol. The van der Waals surface area contributed by atoms with Crippen molar-refractivity contribution in [2.45, 2.75) is 13.3 Å². The molecule has 7 heteroatoms. The third-order valence-corrected chi connectivity index (χ3v) is 5.11. The zero-order valence-electron chi connectivity index (χ0n) is 14.5. The first-order chi connectivity index (χ1) is 13.1. The van der Waals surface area contributed by atoms with Crippen molar-refractivity contribution in [3.05, 3.63) is 59.0 Å². The fraction of sp³-hybridized carbons (Fsp3) is 0.150. The van der Waals surface area contributed by atoms with Crippen LogP contribution in [0.25, 0.3) is 11.3 Å². The minimum absolute atomic E-state index is 0.0809. The van der Waals surface area contributed by atoms with Gasteiger partial charge in [-0.3, -0.25) is 9.59 Å². The van der Waals surface area contributed by atoms with Crippen LogP contribution in [-0.4, -0.2) is 23.5 Å². The number of amides is 1. The van der Waals surface area contributed by atoms with Crippen LogP contribution in [-0.2, 0) is 11.2 Å². The van der Waals surface area contributed by atoms with E-state index in [1.807, 2.05) is 36.4 Å². The Kier molecular flexibility index (Phi) is 4.60. The summed E-state index contributed by atoms with van der Waals surface area (Å²) in [5, 5.41) is 3.19. The first kappa shape index (κ1) is 17.2. The van der Waals surface area contributed by atoms with Crippen molar-refractivity contribution in [1.29, 1.82) is 0 Å². The largest absolute Gasteiger partial charge is 0.454 e. The number of ketones is 1. The fourth-order valence-corrected chi connectivity index (χ4v) is 3.70. The second kappa shape index (κ2) is 7.20. The SMILES string of the molecule is CC(=O)c1sc(NC(=O)Cc2ccc3c(c2)OCO3)nc1-c1ccccc1. The number of rotatable bonds is 5. The monoisotopic (exact) mass is 380 g/mol. The van der Waals surface area contributed by atoms with Crippen LogP contribution in [0.1, 0.15) is 22.2 Å². The molecule has 1 N–H and O–H groups in total. The predicted molar refractivity (Wildman–Crippen MR) is 102 cm³/mol. The molecule has 0 bridgehead atoms. The molecule has 1 aliphatic heterocycles. The molecule has 2 aromatic carbocycles. The Labute approximate surface area is 159 Å². The van der Waals surface area contributed by atoms with Gasteiger partial charge in [-0.05, 0) is 17.7 Å². The van der Waals surface area contributed by atoms with E-state index in [0.29, 0.717) is 27.2 Å². The smallest absolute Gasteiger partial charge is 0.231 e. The van der Waals surface area contributed by atoms with Crippen LogP contribution in [0.5, 0.6) is 11.5 Å². The van der Waals surface area contributed by atoms with E-state index >= 15 is 0 Å². The molecule has 0 saturated carbocycles. The number of benzene rings is 2. The van der Waals surface area contributed by atoms with E-state index < -0.39 is 0 Å². The van der Waals surface area contributed by atoms with Crippen molar-refractivity contribution < 1.29 is 19.1 Å². The highest BCUT2D eigenvalue weighted by molar-refractivity contribution is 7.18. The van der Waals surface area contributed by atoms with Gasteiger partial charge in [-0.1, -0.05) is 47.7 Å². The number of hydrogen-bond acceptors (Lipinski definition) is 6. The molecule has 1 aliphatic rings. The van der Waals surface area contributed by atoms with E-state index in [-0.39, 0.29) is 24.9 Å². The molecule has 2 heterocycles. The van der Waals surface area contributed by atoms with Crippen molar-refractivity contribution in [2.24, 2.45) is 0 Å². The fourth-order valence-electron chi connectivity index (χ4n) is 2.80. The topological polar surface area (TPSA) is 77.5 Å². The minimum Gasteiger partial charge on any atom is -0.454 e. The maximum Gasteiger partial charge on any atom is 0.231 e. The molecule has 6 nitrogen and oxygen atoms in total.